The number of ether oxygens (including phenoxy) is 1. The Morgan fingerprint density at radius 1 is 1.19 bits per heavy atom. The Bertz CT molecular complexity index is 629. The average Bonchev–Trinajstić information content (AvgIpc) is 2.93. The fraction of sp³-hybridized carbons (Fsp3) is 0.500. The van der Waals surface area contributed by atoms with Crippen LogP contribution in [0.3, 0.4) is 0 Å². The van der Waals surface area contributed by atoms with Crippen LogP contribution in [0.1, 0.15) is 48.9 Å². The molecular weight excluding hydrogens is 324 g/mol. The number of allylic oxidation sites excluding steroid dienone is 1. The van der Waals surface area contributed by atoms with E-state index in [9.17, 15) is 4.79 Å². The highest BCUT2D eigenvalue weighted by molar-refractivity contribution is 5.89. The minimum absolute atomic E-state index is 0.160. The molecule has 0 bridgehead atoms. The second-order valence-corrected chi connectivity index (χ2v) is 6.64. The minimum Gasteiger partial charge on any atom is -0.449 e. The van der Waals surface area contributed by atoms with Crippen LogP contribution in [0.25, 0.3) is 0 Å². The van der Waals surface area contributed by atoms with Crippen LogP contribution in [0.5, 0.6) is 0 Å². The van der Waals surface area contributed by atoms with Crippen LogP contribution in [0, 0.1) is 11.8 Å². The van der Waals surface area contributed by atoms with E-state index in [-0.39, 0.29) is 12.6 Å². The number of unbranched alkanes of at least 4 members (excludes halogenated alkanes) is 2. The van der Waals surface area contributed by atoms with Crippen LogP contribution in [-0.4, -0.2) is 44.2 Å². The van der Waals surface area contributed by atoms with E-state index in [0.717, 1.165) is 38.9 Å². The molecule has 4 nitrogen and oxygen atoms in total. The fourth-order valence-electron chi connectivity index (χ4n) is 2.85. The van der Waals surface area contributed by atoms with Crippen LogP contribution in [0.2, 0.25) is 0 Å². The lowest BCUT2D eigenvalue weighted by atomic mass is 10.2. The maximum absolute atomic E-state index is 11.7. The molecule has 1 aliphatic rings. The third-order valence-corrected chi connectivity index (χ3v) is 4.32. The molecule has 4 heteroatoms. The highest BCUT2D eigenvalue weighted by Crippen LogP contribution is 2.07. The van der Waals surface area contributed by atoms with Crippen molar-refractivity contribution in [1.29, 1.82) is 0 Å². The first-order chi connectivity index (χ1) is 12.8. The van der Waals surface area contributed by atoms with Crippen molar-refractivity contribution in [1.82, 2.24) is 10.2 Å². The maximum atomic E-state index is 11.7. The lowest BCUT2D eigenvalue weighted by Crippen LogP contribution is -2.28. The van der Waals surface area contributed by atoms with E-state index in [2.05, 4.69) is 35.2 Å². The van der Waals surface area contributed by atoms with Crippen molar-refractivity contribution < 1.29 is 9.53 Å². The van der Waals surface area contributed by atoms with E-state index in [1.807, 2.05) is 18.2 Å². The van der Waals surface area contributed by atoms with E-state index >= 15 is 0 Å². The van der Waals surface area contributed by atoms with Crippen molar-refractivity contribution in [3.8, 4) is 11.8 Å². The van der Waals surface area contributed by atoms with Gasteiger partial charge in [-0.2, -0.15) is 0 Å². The molecule has 0 spiro atoms. The molecule has 0 aliphatic carbocycles. The summed E-state index contributed by atoms with van der Waals surface area (Å²) in [6, 6.07) is 9.00. The van der Waals surface area contributed by atoms with Crippen molar-refractivity contribution in [2.24, 2.45) is 0 Å². The summed E-state index contributed by atoms with van der Waals surface area (Å²) < 4.78 is 5.13. The van der Waals surface area contributed by atoms with Gasteiger partial charge in [-0.15, -0.1) is 0 Å². The van der Waals surface area contributed by atoms with Gasteiger partial charge in [0.05, 0.1) is 5.56 Å². The van der Waals surface area contributed by atoms with Crippen LogP contribution in [0.15, 0.2) is 42.1 Å². The monoisotopic (exact) mass is 354 g/mol. The molecule has 0 saturated carbocycles. The molecule has 0 atom stereocenters. The summed E-state index contributed by atoms with van der Waals surface area (Å²) in [6.45, 7) is 3.34. The third kappa shape index (κ3) is 8.22. The molecule has 0 unspecified atom stereocenters. The Hall–Kier alpha value is -2.25. The third-order valence-electron chi connectivity index (χ3n) is 4.32. The number of benzene rings is 1. The van der Waals surface area contributed by atoms with Crippen LogP contribution in [-0.2, 0) is 4.74 Å². The van der Waals surface area contributed by atoms with E-state index in [4.69, 9.17) is 4.74 Å². The molecule has 0 fully saturated rings. The molecule has 1 aromatic carbocycles. The summed E-state index contributed by atoms with van der Waals surface area (Å²) in [4.78, 5) is 14.1. The minimum atomic E-state index is -0.317. The maximum Gasteiger partial charge on any atom is 0.339 e. The second kappa shape index (κ2) is 12.2. The number of carbonyl (C=O) groups is 1. The van der Waals surface area contributed by atoms with Crippen molar-refractivity contribution in [2.75, 3.05) is 33.3 Å². The molecule has 1 heterocycles. The van der Waals surface area contributed by atoms with Gasteiger partial charge in [0.15, 0.2) is 6.61 Å². The molecule has 1 aliphatic heterocycles. The Kier molecular flexibility index (Phi) is 9.38. The zero-order valence-electron chi connectivity index (χ0n) is 15.8. The molecule has 2 rings (SSSR count). The Labute approximate surface area is 157 Å². The van der Waals surface area contributed by atoms with E-state index < -0.39 is 0 Å². The van der Waals surface area contributed by atoms with Crippen molar-refractivity contribution in [3.05, 3.63) is 47.7 Å². The lowest BCUT2D eigenvalue weighted by molar-refractivity contribution is 0.0556. The number of hydrogen-bond acceptors (Lipinski definition) is 4. The van der Waals surface area contributed by atoms with Gasteiger partial charge in [0.25, 0.3) is 0 Å². The van der Waals surface area contributed by atoms with E-state index in [1.54, 1.807) is 12.1 Å². The molecular formula is C22H30N2O2. The molecule has 140 valence electrons. The molecule has 0 amide bonds. The van der Waals surface area contributed by atoms with Gasteiger partial charge in [-0.25, -0.2) is 4.79 Å². The molecule has 0 saturated heterocycles. The van der Waals surface area contributed by atoms with Gasteiger partial charge in [0.1, 0.15) is 0 Å². The summed E-state index contributed by atoms with van der Waals surface area (Å²) in [5, 5.41) is 3.51. The number of carbonyl (C=O) groups excluding carboxylic acids is 1. The van der Waals surface area contributed by atoms with Gasteiger partial charge >= 0.3 is 5.97 Å². The second-order valence-electron chi connectivity index (χ2n) is 6.64. The van der Waals surface area contributed by atoms with Gasteiger partial charge in [-0.05, 0) is 57.8 Å². The molecule has 0 radical (unpaired) electrons. The smallest absolute Gasteiger partial charge is 0.339 e. The summed E-state index contributed by atoms with van der Waals surface area (Å²) in [7, 11) is 2.17. The predicted molar refractivity (Wildman–Crippen MR) is 106 cm³/mol. The molecule has 0 aromatic heterocycles. The first-order valence-corrected chi connectivity index (χ1v) is 9.55. The van der Waals surface area contributed by atoms with Crippen molar-refractivity contribution in [3.63, 3.8) is 0 Å². The summed E-state index contributed by atoms with van der Waals surface area (Å²) in [5.41, 5.74) is 1.93. The summed E-state index contributed by atoms with van der Waals surface area (Å²) in [5.74, 6) is 5.69. The molecule has 26 heavy (non-hydrogen) atoms. The largest absolute Gasteiger partial charge is 0.449 e. The lowest BCUT2D eigenvalue weighted by Gasteiger charge is -2.19. The number of nitrogens with one attached hydrogen (secondary N) is 1. The Morgan fingerprint density at radius 3 is 2.88 bits per heavy atom. The zero-order chi connectivity index (χ0) is 18.5. The topological polar surface area (TPSA) is 41.6 Å². The van der Waals surface area contributed by atoms with Crippen LogP contribution >= 0.6 is 0 Å². The van der Waals surface area contributed by atoms with Crippen LogP contribution < -0.4 is 5.32 Å². The SMILES string of the molecule is CN(CCCCC#CCOC(=O)c1ccccc1)CC1=CCCCCN1. The first-order valence-electron chi connectivity index (χ1n) is 9.55. The van der Waals surface area contributed by atoms with E-state index in [0.29, 0.717) is 5.56 Å². The van der Waals surface area contributed by atoms with Gasteiger partial charge in [-0.3, -0.25) is 0 Å². The van der Waals surface area contributed by atoms with Gasteiger partial charge in [-0.1, -0.05) is 36.1 Å². The van der Waals surface area contributed by atoms with Gasteiger partial charge in [0.2, 0.25) is 0 Å². The number of nitrogens with zero attached hydrogens (tertiary/aromatic N) is 1. The number of hydrogen-bond donors (Lipinski definition) is 1. The number of likely N-dealkylation sites (N-methyl/N-ethyl adjacent to an activating group) is 1. The highest BCUT2D eigenvalue weighted by atomic mass is 16.5. The molecule has 1 aromatic rings. The Morgan fingerprint density at radius 2 is 2.04 bits per heavy atom. The number of esters is 1. The Balaban J connectivity index is 1.52. The summed E-state index contributed by atoms with van der Waals surface area (Å²) in [6.07, 6.45) is 9.13. The molecule has 1 N–H and O–H groups in total. The average molecular weight is 354 g/mol. The standard InChI is InChI=1S/C22H30N2O2/c1-24(19-21-15-9-6-10-16-23-21)17-11-3-2-4-12-18-26-22(25)20-13-7-5-8-14-20/h5,7-8,13-15,23H,2-3,6,9-11,16-19H2,1H3. The highest BCUT2D eigenvalue weighted by Gasteiger charge is 2.05. The normalized spacial score (nSPS) is 13.8. The zero-order valence-corrected chi connectivity index (χ0v) is 15.8. The number of rotatable bonds is 8. The quantitative estimate of drug-likeness (QED) is 0.440. The van der Waals surface area contributed by atoms with Gasteiger partial charge in [0, 0.05) is 25.2 Å². The first kappa shape index (κ1) is 20.1. The van der Waals surface area contributed by atoms with Gasteiger partial charge < -0.3 is 15.0 Å². The van der Waals surface area contributed by atoms with E-state index in [1.165, 1.54) is 25.0 Å². The predicted octanol–water partition coefficient (Wildman–Crippen LogP) is 3.61. The van der Waals surface area contributed by atoms with Crippen LogP contribution in [0.4, 0.5) is 0 Å². The fourth-order valence-corrected chi connectivity index (χ4v) is 2.85. The van der Waals surface area contributed by atoms with Crippen molar-refractivity contribution >= 4 is 5.97 Å². The summed E-state index contributed by atoms with van der Waals surface area (Å²) >= 11 is 0. The van der Waals surface area contributed by atoms with Crippen molar-refractivity contribution in [2.45, 2.75) is 38.5 Å².